The third kappa shape index (κ3) is 3.65. The van der Waals surface area contributed by atoms with Crippen LogP contribution in [0.1, 0.15) is 11.1 Å². The maximum Gasteiger partial charge on any atom is 0.129 e. The van der Waals surface area contributed by atoms with Gasteiger partial charge < -0.3 is 4.74 Å². The van der Waals surface area contributed by atoms with E-state index in [1.54, 1.807) is 18.3 Å². The summed E-state index contributed by atoms with van der Waals surface area (Å²) in [5.41, 5.74) is 1.98. The molecule has 0 N–H and O–H groups in total. The first-order valence-electron chi connectivity index (χ1n) is 6.22. The highest BCUT2D eigenvalue weighted by atomic mass is 32.1. The van der Waals surface area contributed by atoms with E-state index in [2.05, 4.69) is 5.10 Å². The topological polar surface area (TPSA) is 24.8 Å². The van der Waals surface area contributed by atoms with Crippen LogP contribution in [-0.4, -0.2) is 30.4 Å². The summed E-state index contributed by atoms with van der Waals surface area (Å²) in [6, 6.07) is 17.5. The zero-order valence-corrected chi connectivity index (χ0v) is 12.3. The predicted molar refractivity (Wildman–Crippen MR) is 86.5 cm³/mol. The van der Waals surface area contributed by atoms with Gasteiger partial charge in [-0.3, -0.25) is 5.01 Å². The Morgan fingerprint density at radius 3 is 2.35 bits per heavy atom. The Morgan fingerprint density at radius 1 is 1.10 bits per heavy atom. The lowest BCUT2D eigenvalue weighted by molar-refractivity contribution is 0.415. The van der Waals surface area contributed by atoms with Crippen molar-refractivity contribution in [3.05, 3.63) is 65.7 Å². The van der Waals surface area contributed by atoms with Gasteiger partial charge in [-0.1, -0.05) is 42.5 Å². The molecule has 0 bridgehead atoms. The Bertz CT molecular complexity index is 594. The van der Waals surface area contributed by atoms with Gasteiger partial charge in [0.15, 0.2) is 0 Å². The van der Waals surface area contributed by atoms with Crippen molar-refractivity contribution in [2.24, 2.45) is 5.10 Å². The highest BCUT2D eigenvalue weighted by Gasteiger charge is 2.04. The van der Waals surface area contributed by atoms with Crippen LogP contribution in [0.4, 0.5) is 0 Å². The molecule has 0 aliphatic rings. The summed E-state index contributed by atoms with van der Waals surface area (Å²) in [7, 11) is 3.49. The molecule has 0 aromatic heterocycles. The number of ether oxygens (including phenoxy) is 1. The molecule has 20 heavy (non-hydrogen) atoms. The molecular weight excluding hydrogens is 268 g/mol. The van der Waals surface area contributed by atoms with Crippen LogP contribution in [0, 0.1) is 0 Å². The number of nitrogens with zero attached hydrogens (tertiary/aromatic N) is 2. The molecule has 0 heterocycles. The summed E-state index contributed by atoms with van der Waals surface area (Å²) >= 11 is 5.39. The van der Waals surface area contributed by atoms with Gasteiger partial charge in [-0.25, -0.2) is 0 Å². The van der Waals surface area contributed by atoms with Crippen molar-refractivity contribution in [1.82, 2.24) is 5.01 Å². The standard InChI is InChI=1S/C16H16N2OS/c1-18(16(20)14-6-4-3-5-7-14)17-12-13-8-10-15(19-2)11-9-13/h3-12H,1-2H3/b17-12-. The minimum absolute atomic E-state index is 0.690. The quantitative estimate of drug-likeness (QED) is 0.489. The van der Waals surface area contributed by atoms with E-state index in [1.165, 1.54) is 0 Å². The molecule has 2 aromatic rings. The average Bonchev–Trinajstić information content (AvgIpc) is 2.53. The second-order valence-corrected chi connectivity index (χ2v) is 4.60. The minimum Gasteiger partial charge on any atom is -0.497 e. The van der Waals surface area contributed by atoms with Crippen LogP contribution in [0.15, 0.2) is 59.7 Å². The molecule has 102 valence electrons. The van der Waals surface area contributed by atoms with Crippen LogP contribution < -0.4 is 4.74 Å². The van der Waals surface area contributed by atoms with E-state index in [-0.39, 0.29) is 0 Å². The highest BCUT2D eigenvalue weighted by molar-refractivity contribution is 7.80. The summed E-state index contributed by atoms with van der Waals surface area (Å²) < 4.78 is 5.12. The van der Waals surface area contributed by atoms with Gasteiger partial charge in [0.25, 0.3) is 0 Å². The van der Waals surface area contributed by atoms with Crippen LogP contribution in [0.25, 0.3) is 0 Å². The SMILES string of the molecule is COc1ccc(/C=N\N(C)C(=S)c2ccccc2)cc1. The summed E-state index contributed by atoms with van der Waals surface area (Å²) in [4.78, 5) is 0.690. The molecule has 2 aromatic carbocycles. The minimum atomic E-state index is 0.690. The van der Waals surface area contributed by atoms with Gasteiger partial charge >= 0.3 is 0 Å². The first-order chi connectivity index (χ1) is 9.70. The lowest BCUT2D eigenvalue weighted by atomic mass is 10.2. The number of methoxy groups -OCH3 is 1. The molecule has 0 saturated heterocycles. The van der Waals surface area contributed by atoms with Gasteiger partial charge in [0.05, 0.1) is 13.3 Å². The Hall–Kier alpha value is -2.20. The van der Waals surface area contributed by atoms with Crippen molar-refractivity contribution in [3.8, 4) is 5.75 Å². The third-order valence-electron chi connectivity index (χ3n) is 2.81. The molecular formula is C16H16N2OS. The van der Waals surface area contributed by atoms with E-state index in [1.807, 2.05) is 61.6 Å². The average molecular weight is 284 g/mol. The van der Waals surface area contributed by atoms with Gasteiger partial charge in [0.1, 0.15) is 10.7 Å². The molecule has 4 heteroatoms. The fourth-order valence-electron chi connectivity index (χ4n) is 1.66. The van der Waals surface area contributed by atoms with Crippen LogP contribution in [0.5, 0.6) is 5.75 Å². The van der Waals surface area contributed by atoms with E-state index >= 15 is 0 Å². The number of thiocarbonyl (C=S) groups is 1. The number of hydrazone groups is 1. The zero-order chi connectivity index (χ0) is 14.4. The number of benzene rings is 2. The Kier molecular flexibility index (Phi) is 4.85. The van der Waals surface area contributed by atoms with Gasteiger partial charge in [-0.2, -0.15) is 5.10 Å². The molecule has 0 aliphatic carbocycles. The van der Waals surface area contributed by atoms with Crippen molar-refractivity contribution in [1.29, 1.82) is 0 Å². The fourth-order valence-corrected chi connectivity index (χ4v) is 1.85. The van der Waals surface area contributed by atoms with Gasteiger partial charge in [0.2, 0.25) is 0 Å². The van der Waals surface area contributed by atoms with Crippen LogP contribution in [0.2, 0.25) is 0 Å². The van der Waals surface area contributed by atoms with Crippen molar-refractivity contribution < 1.29 is 4.74 Å². The fraction of sp³-hybridized carbons (Fsp3) is 0.125. The van der Waals surface area contributed by atoms with Gasteiger partial charge in [-0.15, -0.1) is 0 Å². The molecule has 0 aliphatic heterocycles. The summed E-state index contributed by atoms with van der Waals surface area (Å²) in [5, 5.41) is 6.04. The van der Waals surface area contributed by atoms with Crippen molar-refractivity contribution in [2.75, 3.05) is 14.2 Å². The van der Waals surface area contributed by atoms with E-state index in [4.69, 9.17) is 17.0 Å². The first kappa shape index (κ1) is 14.2. The molecule has 0 fully saturated rings. The normalized spacial score (nSPS) is 10.5. The molecule has 0 saturated carbocycles. The largest absolute Gasteiger partial charge is 0.497 e. The Labute approximate surface area is 124 Å². The molecule has 2 rings (SSSR count). The van der Waals surface area contributed by atoms with Crippen LogP contribution in [-0.2, 0) is 0 Å². The molecule has 0 atom stereocenters. The van der Waals surface area contributed by atoms with Crippen molar-refractivity contribution >= 4 is 23.4 Å². The molecule has 0 radical (unpaired) electrons. The van der Waals surface area contributed by atoms with Gasteiger partial charge in [-0.05, 0) is 29.8 Å². The van der Waals surface area contributed by atoms with Crippen LogP contribution >= 0.6 is 12.2 Å². The van der Waals surface area contributed by atoms with E-state index in [0.717, 1.165) is 16.9 Å². The number of rotatable bonds is 4. The maximum atomic E-state index is 5.39. The third-order valence-corrected chi connectivity index (χ3v) is 3.31. The monoisotopic (exact) mass is 284 g/mol. The van der Waals surface area contributed by atoms with E-state index in [9.17, 15) is 0 Å². The highest BCUT2D eigenvalue weighted by Crippen LogP contribution is 2.10. The first-order valence-corrected chi connectivity index (χ1v) is 6.62. The predicted octanol–water partition coefficient (Wildman–Crippen LogP) is 3.34. The number of hydrogen-bond acceptors (Lipinski definition) is 3. The second kappa shape index (κ2) is 6.82. The van der Waals surface area contributed by atoms with E-state index in [0.29, 0.717) is 4.99 Å². The summed E-state index contributed by atoms with van der Waals surface area (Å²) in [6.45, 7) is 0. The summed E-state index contributed by atoms with van der Waals surface area (Å²) in [5.74, 6) is 0.829. The smallest absolute Gasteiger partial charge is 0.129 e. The number of hydrogen-bond donors (Lipinski definition) is 0. The van der Waals surface area contributed by atoms with Crippen molar-refractivity contribution in [3.63, 3.8) is 0 Å². The molecule has 0 unspecified atom stereocenters. The van der Waals surface area contributed by atoms with E-state index < -0.39 is 0 Å². The van der Waals surface area contributed by atoms with Crippen LogP contribution in [0.3, 0.4) is 0 Å². The molecule has 0 amide bonds. The second-order valence-electron chi connectivity index (χ2n) is 4.21. The lowest BCUT2D eigenvalue weighted by Gasteiger charge is -2.13. The van der Waals surface area contributed by atoms with Crippen molar-refractivity contribution in [2.45, 2.75) is 0 Å². The zero-order valence-electron chi connectivity index (χ0n) is 11.5. The maximum absolute atomic E-state index is 5.39. The lowest BCUT2D eigenvalue weighted by Crippen LogP contribution is -2.20. The molecule has 0 spiro atoms. The molecule has 3 nitrogen and oxygen atoms in total. The van der Waals surface area contributed by atoms with Gasteiger partial charge in [0, 0.05) is 12.6 Å². The Balaban J connectivity index is 2.04. The summed E-state index contributed by atoms with van der Waals surface area (Å²) in [6.07, 6.45) is 1.77. The Morgan fingerprint density at radius 2 is 1.75 bits per heavy atom.